The van der Waals surface area contributed by atoms with Crippen LogP contribution in [-0.2, 0) is 4.79 Å². The third-order valence-electron chi connectivity index (χ3n) is 1.88. The van der Waals surface area contributed by atoms with Gasteiger partial charge in [-0.2, -0.15) is 0 Å². The van der Waals surface area contributed by atoms with E-state index in [1.165, 1.54) is 12.1 Å². The summed E-state index contributed by atoms with van der Waals surface area (Å²) < 4.78 is 0. The molecule has 1 aromatic rings. The number of halogens is 3. The van der Waals surface area contributed by atoms with E-state index in [0.29, 0.717) is 5.69 Å². The highest BCUT2D eigenvalue weighted by Gasteiger charge is 2.09. The summed E-state index contributed by atoms with van der Waals surface area (Å²) in [5.74, 6) is -0.997. The van der Waals surface area contributed by atoms with Gasteiger partial charge in [0.05, 0.1) is 27.2 Å². The molecular weight excluding hydrogens is 302 g/mol. The number of carboxylic acid groups (broad SMARTS) is 1. The molecule has 0 atom stereocenters. The number of anilines is 1. The Bertz CT molecular complexity index is 480. The van der Waals surface area contributed by atoms with Crippen LogP contribution in [0.5, 0.6) is 0 Å². The topological polar surface area (TPSA) is 78.4 Å². The van der Waals surface area contributed by atoms with E-state index in [1.54, 1.807) is 0 Å². The molecule has 0 bridgehead atoms. The normalized spacial score (nSPS) is 9.94. The van der Waals surface area contributed by atoms with Crippen LogP contribution in [0.4, 0.5) is 10.5 Å². The molecule has 98 valence electrons. The molecule has 0 heterocycles. The molecular formula is C10H9Cl3N2O3. The van der Waals surface area contributed by atoms with Crippen molar-refractivity contribution in [1.82, 2.24) is 5.32 Å². The highest BCUT2D eigenvalue weighted by Crippen LogP contribution is 2.32. The Morgan fingerprint density at radius 3 is 2.33 bits per heavy atom. The molecule has 0 unspecified atom stereocenters. The van der Waals surface area contributed by atoms with Crippen molar-refractivity contribution < 1.29 is 14.7 Å². The fourth-order valence-electron chi connectivity index (χ4n) is 1.07. The van der Waals surface area contributed by atoms with Crippen LogP contribution in [0.25, 0.3) is 0 Å². The van der Waals surface area contributed by atoms with Crippen molar-refractivity contribution in [2.24, 2.45) is 0 Å². The van der Waals surface area contributed by atoms with Gasteiger partial charge in [-0.25, -0.2) is 4.79 Å². The lowest BCUT2D eigenvalue weighted by Gasteiger charge is -2.09. The third kappa shape index (κ3) is 4.60. The molecule has 8 heteroatoms. The van der Waals surface area contributed by atoms with Gasteiger partial charge in [0.2, 0.25) is 0 Å². The molecule has 1 aromatic carbocycles. The zero-order chi connectivity index (χ0) is 13.7. The van der Waals surface area contributed by atoms with Crippen LogP contribution < -0.4 is 10.6 Å². The minimum atomic E-state index is -0.997. The van der Waals surface area contributed by atoms with Crippen LogP contribution in [0, 0.1) is 0 Å². The molecule has 0 aliphatic rings. The van der Waals surface area contributed by atoms with Gasteiger partial charge in [0.15, 0.2) is 0 Å². The van der Waals surface area contributed by atoms with Crippen LogP contribution in [0.1, 0.15) is 6.42 Å². The van der Waals surface area contributed by atoms with Gasteiger partial charge in [0.1, 0.15) is 0 Å². The van der Waals surface area contributed by atoms with E-state index in [0.717, 1.165) is 0 Å². The zero-order valence-corrected chi connectivity index (χ0v) is 11.2. The van der Waals surface area contributed by atoms with E-state index in [9.17, 15) is 9.59 Å². The summed E-state index contributed by atoms with van der Waals surface area (Å²) in [5, 5.41) is 14.0. The van der Waals surface area contributed by atoms with Gasteiger partial charge >= 0.3 is 12.0 Å². The summed E-state index contributed by atoms with van der Waals surface area (Å²) in [6.07, 6.45) is -0.164. The first kappa shape index (κ1) is 14.9. The number of hydrogen-bond acceptors (Lipinski definition) is 2. The molecule has 0 radical (unpaired) electrons. The Morgan fingerprint density at radius 1 is 1.11 bits per heavy atom. The zero-order valence-electron chi connectivity index (χ0n) is 8.97. The molecule has 0 aliphatic carbocycles. The fraction of sp³-hybridized carbons (Fsp3) is 0.200. The standard InChI is InChI=1S/C10H9Cl3N2O3/c11-5-3-7(13)8(4-6(5)12)15-10(18)14-2-1-9(16)17/h3-4H,1-2H2,(H,16,17)(H2,14,15,18). The van der Waals surface area contributed by atoms with Crippen LogP contribution >= 0.6 is 34.8 Å². The summed E-state index contributed by atoms with van der Waals surface area (Å²) >= 11 is 17.4. The van der Waals surface area contributed by atoms with Crippen molar-refractivity contribution in [3.8, 4) is 0 Å². The monoisotopic (exact) mass is 310 g/mol. The number of carbonyl (C=O) groups is 2. The molecule has 5 nitrogen and oxygen atoms in total. The SMILES string of the molecule is O=C(O)CCNC(=O)Nc1cc(Cl)c(Cl)cc1Cl. The lowest BCUT2D eigenvalue weighted by Crippen LogP contribution is -2.30. The van der Waals surface area contributed by atoms with E-state index >= 15 is 0 Å². The van der Waals surface area contributed by atoms with Crippen molar-refractivity contribution in [3.63, 3.8) is 0 Å². The van der Waals surface area contributed by atoms with Gasteiger partial charge in [-0.15, -0.1) is 0 Å². The van der Waals surface area contributed by atoms with E-state index in [4.69, 9.17) is 39.9 Å². The summed E-state index contributed by atoms with van der Waals surface area (Å²) in [5.41, 5.74) is 0.291. The predicted molar refractivity (Wildman–Crippen MR) is 70.7 cm³/mol. The van der Waals surface area contributed by atoms with Gasteiger partial charge in [-0.1, -0.05) is 34.8 Å². The van der Waals surface area contributed by atoms with Crippen LogP contribution in [0.2, 0.25) is 15.1 Å². The highest BCUT2D eigenvalue weighted by atomic mass is 35.5. The fourth-order valence-corrected chi connectivity index (χ4v) is 1.66. The van der Waals surface area contributed by atoms with Crippen LogP contribution in [0.3, 0.4) is 0 Å². The van der Waals surface area contributed by atoms with Gasteiger partial charge in [0.25, 0.3) is 0 Å². The Kier molecular flexibility index (Phi) is 5.53. The predicted octanol–water partition coefficient (Wildman–Crippen LogP) is 3.24. The second kappa shape index (κ2) is 6.68. The second-order valence-electron chi connectivity index (χ2n) is 3.27. The van der Waals surface area contributed by atoms with Crippen molar-refractivity contribution in [1.29, 1.82) is 0 Å². The number of urea groups is 1. The van der Waals surface area contributed by atoms with Crippen molar-refractivity contribution in [2.75, 3.05) is 11.9 Å². The number of carbonyl (C=O) groups excluding carboxylic acids is 1. The Balaban J connectivity index is 2.59. The molecule has 3 N–H and O–H groups in total. The Hall–Kier alpha value is -1.17. The molecule has 0 aromatic heterocycles. The third-order valence-corrected chi connectivity index (χ3v) is 2.92. The first-order chi connectivity index (χ1) is 8.40. The average molecular weight is 312 g/mol. The number of rotatable bonds is 4. The quantitative estimate of drug-likeness (QED) is 0.747. The molecule has 1 rings (SSSR count). The van der Waals surface area contributed by atoms with Crippen molar-refractivity contribution in [2.45, 2.75) is 6.42 Å². The number of carboxylic acids is 1. The second-order valence-corrected chi connectivity index (χ2v) is 4.49. The van der Waals surface area contributed by atoms with Crippen LogP contribution in [0.15, 0.2) is 12.1 Å². The summed E-state index contributed by atoms with van der Waals surface area (Å²) in [7, 11) is 0. The van der Waals surface area contributed by atoms with E-state index in [1.807, 2.05) is 0 Å². The molecule has 18 heavy (non-hydrogen) atoms. The molecule has 0 saturated carbocycles. The highest BCUT2D eigenvalue weighted by molar-refractivity contribution is 6.44. The first-order valence-electron chi connectivity index (χ1n) is 4.81. The van der Waals surface area contributed by atoms with Gasteiger partial charge in [0, 0.05) is 6.54 Å². The average Bonchev–Trinajstić information content (AvgIpc) is 2.25. The lowest BCUT2D eigenvalue weighted by atomic mass is 10.3. The maximum Gasteiger partial charge on any atom is 0.319 e. The Morgan fingerprint density at radius 2 is 1.72 bits per heavy atom. The minimum absolute atomic E-state index is 0.0140. The van der Waals surface area contributed by atoms with Gasteiger partial charge in [-0.3, -0.25) is 4.79 Å². The largest absolute Gasteiger partial charge is 0.481 e. The molecule has 2 amide bonds. The number of amides is 2. The van der Waals surface area contributed by atoms with E-state index in [2.05, 4.69) is 10.6 Å². The Labute approximate surface area is 118 Å². The minimum Gasteiger partial charge on any atom is -0.481 e. The number of aliphatic carboxylic acids is 1. The number of hydrogen-bond donors (Lipinski definition) is 3. The summed E-state index contributed by atoms with van der Waals surface area (Å²) in [6, 6.07) is 2.23. The van der Waals surface area contributed by atoms with Crippen LogP contribution in [-0.4, -0.2) is 23.7 Å². The first-order valence-corrected chi connectivity index (χ1v) is 5.94. The smallest absolute Gasteiger partial charge is 0.319 e. The lowest BCUT2D eigenvalue weighted by molar-refractivity contribution is -0.136. The number of benzene rings is 1. The maximum absolute atomic E-state index is 11.4. The van der Waals surface area contributed by atoms with Crippen molar-refractivity contribution in [3.05, 3.63) is 27.2 Å². The summed E-state index contributed by atoms with van der Waals surface area (Å²) in [4.78, 5) is 21.6. The summed E-state index contributed by atoms with van der Waals surface area (Å²) in [6.45, 7) is 0.0140. The van der Waals surface area contributed by atoms with Crippen molar-refractivity contribution >= 4 is 52.5 Å². The molecule has 0 fully saturated rings. The van der Waals surface area contributed by atoms with E-state index < -0.39 is 12.0 Å². The van der Waals surface area contributed by atoms with Gasteiger partial charge in [-0.05, 0) is 12.1 Å². The molecule has 0 spiro atoms. The maximum atomic E-state index is 11.4. The van der Waals surface area contributed by atoms with Gasteiger partial charge < -0.3 is 15.7 Å². The molecule has 0 aliphatic heterocycles. The molecule has 0 saturated heterocycles. The van der Waals surface area contributed by atoms with E-state index in [-0.39, 0.29) is 28.0 Å². The number of nitrogens with one attached hydrogen (secondary N) is 2.